The number of nitro groups is 1. The van der Waals surface area contributed by atoms with Gasteiger partial charge in [0.25, 0.3) is 5.69 Å². The van der Waals surface area contributed by atoms with Gasteiger partial charge in [-0.1, -0.05) is 23.9 Å². The fraction of sp³-hybridized carbons (Fsp3) is 0.125. The summed E-state index contributed by atoms with van der Waals surface area (Å²) in [5, 5.41) is 18.4. The molecule has 0 bridgehead atoms. The van der Waals surface area contributed by atoms with Crippen LogP contribution < -0.4 is 4.74 Å². The van der Waals surface area contributed by atoms with Crippen LogP contribution in [0.4, 0.5) is 5.69 Å². The highest BCUT2D eigenvalue weighted by Gasteiger charge is 2.08. The van der Waals surface area contributed by atoms with Crippen molar-refractivity contribution in [3.8, 4) is 17.1 Å². The van der Waals surface area contributed by atoms with Crippen molar-refractivity contribution in [2.75, 3.05) is 7.11 Å². The van der Waals surface area contributed by atoms with Crippen molar-refractivity contribution in [2.45, 2.75) is 10.9 Å². The zero-order chi connectivity index (χ0) is 16.9. The molecular weight excluding hydrogens is 328 g/mol. The Morgan fingerprint density at radius 1 is 1.17 bits per heavy atom. The molecule has 0 aliphatic heterocycles. The molecule has 3 rings (SSSR count). The highest BCUT2D eigenvalue weighted by molar-refractivity contribution is 7.98. The van der Waals surface area contributed by atoms with Crippen LogP contribution in [0.5, 0.6) is 5.75 Å². The van der Waals surface area contributed by atoms with E-state index in [2.05, 4.69) is 15.2 Å². The highest BCUT2D eigenvalue weighted by atomic mass is 32.2. The van der Waals surface area contributed by atoms with Crippen molar-refractivity contribution in [1.29, 1.82) is 0 Å². The molecule has 7 nitrogen and oxygen atoms in total. The van der Waals surface area contributed by atoms with Gasteiger partial charge < -0.3 is 4.74 Å². The van der Waals surface area contributed by atoms with Gasteiger partial charge in [0.15, 0.2) is 5.82 Å². The third kappa shape index (κ3) is 3.72. The first-order chi connectivity index (χ1) is 11.7. The number of nitrogens with zero attached hydrogens (tertiary/aromatic N) is 3. The van der Waals surface area contributed by atoms with E-state index in [4.69, 9.17) is 4.74 Å². The van der Waals surface area contributed by atoms with Gasteiger partial charge in [-0.15, -0.1) is 5.10 Å². The maximum absolute atomic E-state index is 10.6. The first-order valence-electron chi connectivity index (χ1n) is 7.08. The van der Waals surface area contributed by atoms with Crippen LogP contribution >= 0.6 is 11.8 Å². The molecule has 1 heterocycles. The van der Waals surface area contributed by atoms with Gasteiger partial charge in [0.05, 0.1) is 12.0 Å². The van der Waals surface area contributed by atoms with Crippen molar-refractivity contribution in [3.05, 3.63) is 64.2 Å². The molecule has 2 aromatic carbocycles. The lowest BCUT2D eigenvalue weighted by Gasteiger charge is -2.00. The molecule has 0 saturated carbocycles. The number of hydrogen-bond acceptors (Lipinski definition) is 6. The van der Waals surface area contributed by atoms with E-state index < -0.39 is 4.92 Å². The van der Waals surface area contributed by atoms with Crippen molar-refractivity contribution < 1.29 is 9.66 Å². The van der Waals surface area contributed by atoms with E-state index in [0.717, 1.165) is 16.9 Å². The van der Waals surface area contributed by atoms with Gasteiger partial charge in [-0.2, -0.15) is 0 Å². The van der Waals surface area contributed by atoms with Gasteiger partial charge in [0.2, 0.25) is 5.16 Å². The summed E-state index contributed by atoms with van der Waals surface area (Å²) >= 11 is 1.46. The van der Waals surface area contributed by atoms with E-state index in [1.165, 1.54) is 23.9 Å². The van der Waals surface area contributed by atoms with E-state index in [1.54, 1.807) is 19.2 Å². The van der Waals surface area contributed by atoms with Crippen LogP contribution in [-0.2, 0) is 5.75 Å². The zero-order valence-corrected chi connectivity index (χ0v) is 13.6. The molecule has 3 aromatic rings. The first-order valence-corrected chi connectivity index (χ1v) is 8.07. The number of methoxy groups -OCH3 is 1. The predicted octanol–water partition coefficient (Wildman–Crippen LogP) is 3.68. The molecule has 0 aliphatic carbocycles. The Bertz CT molecular complexity index is 831. The van der Waals surface area contributed by atoms with Crippen molar-refractivity contribution in [2.24, 2.45) is 0 Å². The molecule has 122 valence electrons. The maximum atomic E-state index is 10.6. The lowest BCUT2D eigenvalue weighted by molar-refractivity contribution is -0.384. The van der Waals surface area contributed by atoms with E-state index >= 15 is 0 Å². The van der Waals surface area contributed by atoms with Crippen molar-refractivity contribution >= 4 is 17.4 Å². The summed E-state index contributed by atoms with van der Waals surface area (Å²) in [7, 11) is 1.62. The summed E-state index contributed by atoms with van der Waals surface area (Å²) in [6, 6.07) is 14.0. The van der Waals surface area contributed by atoms with Gasteiger partial charge in [-0.3, -0.25) is 15.2 Å². The number of H-pyrrole nitrogens is 1. The molecule has 0 unspecified atom stereocenters. The summed E-state index contributed by atoms with van der Waals surface area (Å²) < 4.78 is 5.13. The Labute approximate surface area is 142 Å². The van der Waals surface area contributed by atoms with Crippen molar-refractivity contribution in [3.63, 3.8) is 0 Å². The minimum atomic E-state index is -0.409. The van der Waals surface area contributed by atoms with Crippen LogP contribution in [-0.4, -0.2) is 27.2 Å². The van der Waals surface area contributed by atoms with Crippen molar-refractivity contribution in [1.82, 2.24) is 15.2 Å². The number of nitrogens with one attached hydrogen (secondary N) is 1. The van der Waals surface area contributed by atoms with Crippen LogP contribution in [0, 0.1) is 10.1 Å². The Balaban J connectivity index is 1.64. The Morgan fingerprint density at radius 3 is 2.50 bits per heavy atom. The minimum absolute atomic E-state index is 0.0865. The van der Waals surface area contributed by atoms with E-state index in [1.807, 2.05) is 24.3 Å². The first kappa shape index (κ1) is 16.0. The molecule has 0 aliphatic rings. The Hall–Kier alpha value is -2.87. The third-order valence-corrected chi connectivity index (χ3v) is 4.26. The fourth-order valence-electron chi connectivity index (χ4n) is 2.05. The normalized spacial score (nSPS) is 10.5. The number of ether oxygens (including phenoxy) is 1. The molecule has 1 N–H and O–H groups in total. The van der Waals surface area contributed by atoms with Gasteiger partial charge in [0, 0.05) is 23.4 Å². The number of benzene rings is 2. The number of aromatic amines is 1. The Kier molecular flexibility index (Phi) is 4.76. The number of nitro benzene ring substituents is 1. The maximum Gasteiger partial charge on any atom is 0.269 e. The second kappa shape index (κ2) is 7.14. The van der Waals surface area contributed by atoms with Gasteiger partial charge in [-0.05, 0) is 29.8 Å². The molecule has 0 radical (unpaired) electrons. The van der Waals surface area contributed by atoms with Crippen LogP contribution in [0.2, 0.25) is 0 Å². The molecule has 24 heavy (non-hydrogen) atoms. The number of hydrogen-bond donors (Lipinski definition) is 1. The molecule has 0 spiro atoms. The largest absolute Gasteiger partial charge is 0.497 e. The number of rotatable bonds is 6. The molecule has 8 heteroatoms. The standard InChI is InChI=1S/C16H14N4O3S/c1-23-14-8-4-12(5-9-14)15-17-16(19-18-15)24-10-11-2-6-13(7-3-11)20(21)22/h2-9H,10H2,1H3,(H,17,18,19). The molecule has 0 atom stereocenters. The van der Waals surface area contributed by atoms with Crippen LogP contribution in [0.25, 0.3) is 11.4 Å². The summed E-state index contributed by atoms with van der Waals surface area (Å²) in [6.07, 6.45) is 0. The third-order valence-electron chi connectivity index (χ3n) is 3.34. The number of non-ortho nitro benzene ring substituents is 1. The smallest absolute Gasteiger partial charge is 0.269 e. The summed E-state index contributed by atoms with van der Waals surface area (Å²) in [6.45, 7) is 0. The van der Waals surface area contributed by atoms with E-state index in [-0.39, 0.29) is 5.69 Å². The summed E-state index contributed by atoms with van der Waals surface area (Å²) in [4.78, 5) is 14.7. The highest BCUT2D eigenvalue weighted by Crippen LogP contribution is 2.24. The van der Waals surface area contributed by atoms with Crippen LogP contribution in [0.15, 0.2) is 53.7 Å². The lowest BCUT2D eigenvalue weighted by Crippen LogP contribution is -1.88. The second-order valence-corrected chi connectivity index (χ2v) is 5.85. The summed E-state index contributed by atoms with van der Waals surface area (Å²) in [5.74, 6) is 2.10. The SMILES string of the molecule is COc1ccc(-c2nc(SCc3ccc([N+](=O)[O-])cc3)n[nH]2)cc1. The molecule has 0 saturated heterocycles. The average molecular weight is 342 g/mol. The van der Waals surface area contributed by atoms with E-state index in [9.17, 15) is 10.1 Å². The zero-order valence-electron chi connectivity index (χ0n) is 12.8. The number of aromatic nitrogens is 3. The quantitative estimate of drug-likeness (QED) is 0.417. The lowest BCUT2D eigenvalue weighted by atomic mass is 10.2. The second-order valence-electron chi connectivity index (χ2n) is 4.91. The molecule has 0 amide bonds. The Morgan fingerprint density at radius 2 is 1.88 bits per heavy atom. The summed E-state index contributed by atoms with van der Waals surface area (Å²) in [5.41, 5.74) is 1.98. The van der Waals surface area contributed by atoms with Gasteiger partial charge >= 0.3 is 0 Å². The van der Waals surface area contributed by atoms with Gasteiger partial charge in [-0.25, -0.2) is 4.98 Å². The molecule has 0 fully saturated rings. The predicted molar refractivity (Wildman–Crippen MR) is 91.0 cm³/mol. The topological polar surface area (TPSA) is 93.9 Å². The van der Waals surface area contributed by atoms with Gasteiger partial charge in [0.1, 0.15) is 5.75 Å². The van der Waals surface area contributed by atoms with Crippen LogP contribution in [0.3, 0.4) is 0 Å². The number of thioether (sulfide) groups is 1. The average Bonchev–Trinajstić information content (AvgIpc) is 3.09. The van der Waals surface area contributed by atoms with E-state index in [0.29, 0.717) is 16.7 Å². The molecular formula is C16H14N4O3S. The minimum Gasteiger partial charge on any atom is -0.497 e. The molecule has 1 aromatic heterocycles. The fourth-order valence-corrected chi connectivity index (χ4v) is 2.80. The van der Waals surface area contributed by atoms with Crippen LogP contribution in [0.1, 0.15) is 5.56 Å². The monoisotopic (exact) mass is 342 g/mol.